The molecule has 3 amide bonds. The number of imide groups is 1. The van der Waals surface area contributed by atoms with E-state index in [4.69, 9.17) is 0 Å². The van der Waals surface area contributed by atoms with E-state index in [9.17, 15) is 19.7 Å². The van der Waals surface area contributed by atoms with Crippen LogP contribution in [0.4, 0.5) is 10.5 Å². The summed E-state index contributed by atoms with van der Waals surface area (Å²) in [6.45, 7) is 0. The number of para-hydroxylation sites is 1. The lowest BCUT2D eigenvalue weighted by atomic mass is 10.0. The number of nitrogens with zero attached hydrogens (tertiary/aromatic N) is 1. The topological polar surface area (TPSA) is 101 Å². The van der Waals surface area contributed by atoms with E-state index in [1.165, 1.54) is 18.2 Å². The predicted molar refractivity (Wildman–Crippen MR) is 57.1 cm³/mol. The van der Waals surface area contributed by atoms with Gasteiger partial charge in [-0.1, -0.05) is 18.2 Å². The molecule has 1 unspecified atom stereocenters. The van der Waals surface area contributed by atoms with Gasteiger partial charge in [0, 0.05) is 6.07 Å². The molecule has 0 radical (unpaired) electrons. The fraction of sp³-hybridized carbons (Fsp3) is 0.200. The Balaban J connectivity index is 2.36. The molecule has 2 rings (SSSR count). The number of nitro groups is 1. The summed E-state index contributed by atoms with van der Waals surface area (Å²) in [6, 6.07) is 4.74. The van der Waals surface area contributed by atoms with Crippen LogP contribution in [-0.4, -0.2) is 16.9 Å². The summed E-state index contributed by atoms with van der Waals surface area (Å²) in [5, 5.41) is 15.4. The number of nitrogens with one attached hydrogen (secondary N) is 2. The molecule has 7 nitrogen and oxygen atoms in total. The first kappa shape index (κ1) is 11.1. The minimum absolute atomic E-state index is 0.00338. The average molecular weight is 235 g/mol. The van der Waals surface area contributed by atoms with Gasteiger partial charge in [0.05, 0.1) is 22.9 Å². The minimum atomic E-state index is -0.655. The maximum atomic E-state index is 11.2. The number of nitro benzene ring substituents is 1. The van der Waals surface area contributed by atoms with Crippen molar-refractivity contribution in [3.63, 3.8) is 0 Å². The van der Waals surface area contributed by atoms with Gasteiger partial charge in [-0.2, -0.15) is 0 Å². The number of benzene rings is 1. The summed E-state index contributed by atoms with van der Waals surface area (Å²) >= 11 is 0. The second-order valence-electron chi connectivity index (χ2n) is 3.59. The van der Waals surface area contributed by atoms with Crippen molar-refractivity contribution in [2.45, 2.75) is 12.5 Å². The van der Waals surface area contributed by atoms with E-state index in [1.807, 2.05) is 0 Å². The predicted octanol–water partition coefficient (Wildman–Crippen LogP) is 0.865. The number of rotatable bonds is 2. The van der Waals surface area contributed by atoms with Crippen molar-refractivity contribution in [3.8, 4) is 0 Å². The fourth-order valence-electron chi connectivity index (χ4n) is 1.74. The van der Waals surface area contributed by atoms with Crippen LogP contribution in [0.25, 0.3) is 0 Å². The Hall–Kier alpha value is -2.44. The van der Waals surface area contributed by atoms with Crippen molar-refractivity contribution in [2.75, 3.05) is 0 Å². The summed E-state index contributed by atoms with van der Waals surface area (Å²) in [4.78, 5) is 32.6. The van der Waals surface area contributed by atoms with E-state index in [2.05, 4.69) is 10.6 Å². The smallest absolute Gasteiger partial charge is 0.321 e. The third kappa shape index (κ3) is 2.22. The van der Waals surface area contributed by atoms with Gasteiger partial charge in [0.2, 0.25) is 5.91 Å². The van der Waals surface area contributed by atoms with Crippen molar-refractivity contribution >= 4 is 17.6 Å². The van der Waals surface area contributed by atoms with E-state index in [0.29, 0.717) is 5.56 Å². The summed E-state index contributed by atoms with van der Waals surface area (Å²) in [7, 11) is 0. The largest absolute Gasteiger partial charge is 0.330 e. The molecule has 0 saturated carbocycles. The van der Waals surface area contributed by atoms with Gasteiger partial charge in [-0.25, -0.2) is 4.79 Å². The molecule has 0 spiro atoms. The molecule has 1 atom stereocenters. The maximum Gasteiger partial charge on any atom is 0.321 e. The van der Waals surface area contributed by atoms with Crippen LogP contribution in [0.15, 0.2) is 24.3 Å². The first-order valence-electron chi connectivity index (χ1n) is 4.91. The molecular formula is C10H9N3O4. The van der Waals surface area contributed by atoms with Crippen molar-refractivity contribution < 1.29 is 14.5 Å². The van der Waals surface area contributed by atoms with Gasteiger partial charge in [-0.3, -0.25) is 20.2 Å². The lowest BCUT2D eigenvalue weighted by Crippen LogP contribution is -2.48. The molecule has 0 aromatic heterocycles. The zero-order valence-electron chi connectivity index (χ0n) is 8.67. The summed E-state index contributed by atoms with van der Waals surface area (Å²) in [5.74, 6) is -0.447. The van der Waals surface area contributed by atoms with Crippen molar-refractivity contribution in [2.24, 2.45) is 0 Å². The zero-order valence-corrected chi connectivity index (χ0v) is 8.67. The third-order valence-electron chi connectivity index (χ3n) is 2.46. The average Bonchev–Trinajstić information content (AvgIpc) is 2.27. The van der Waals surface area contributed by atoms with Crippen LogP contribution in [0, 0.1) is 10.1 Å². The summed E-state index contributed by atoms with van der Waals surface area (Å²) in [5.41, 5.74) is 0.230. The summed E-state index contributed by atoms with van der Waals surface area (Å²) < 4.78 is 0. The normalized spacial score (nSPS) is 19.4. The van der Waals surface area contributed by atoms with Crippen molar-refractivity contribution in [1.82, 2.24) is 10.6 Å². The van der Waals surface area contributed by atoms with Crippen molar-refractivity contribution in [1.29, 1.82) is 0 Å². The monoisotopic (exact) mass is 235 g/mol. The molecule has 0 bridgehead atoms. The van der Waals surface area contributed by atoms with Crippen LogP contribution in [0.5, 0.6) is 0 Å². The van der Waals surface area contributed by atoms with E-state index in [-0.39, 0.29) is 12.1 Å². The lowest BCUT2D eigenvalue weighted by molar-refractivity contribution is -0.385. The number of hydrogen-bond donors (Lipinski definition) is 2. The van der Waals surface area contributed by atoms with Crippen LogP contribution in [0.1, 0.15) is 18.0 Å². The first-order chi connectivity index (χ1) is 8.08. The number of urea groups is 1. The number of amides is 3. The molecule has 7 heteroatoms. The van der Waals surface area contributed by atoms with Crippen LogP contribution in [0.3, 0.4) is 0 Å². The van der Waals surface area contributed by atoms with E-state index in [1.54, 1.807) is 6.07 Å². The highest BCUT2D eigenvalue weighted by Crippen LogP contribution is 2.27. The van der Waals surface area contributed by atoms with Crippen molar-refractivity contribution in [3.05, 3.63) is 39.9 Å². The second-order valence-corrected chi connectivity index (χ2v) is 3.59. The molecule has 1 aliphatic heterocycles. The minimum Gasteiger partial charge on any atom is -0.330 e. The molecule has 1 saturated heterocycles. The first-order valence-corrected chi connectivity index (χ1v) is 4.91. The van der Waals surface area contributed by atoms with Gasteiger partial charge in [0.15, 0.2) is 0 Å². The third-order valence-corrected chi connectivity index (χ3v) is 2.46. The molecule has 1 fully saturated rings. The van der Waals surface area contributed by atoms with Gasteiger partial charge in [0.1, 0.15) is 0 Å². The van der Waals surface area contributed by atoms with Crippen LogP contribution < -0.4 is 10.6 Å². The van der Waals surface area contributed by atoms with Crippen LogP contribution >= 0.6 is 0 Å². The van der Waals surface area contributed by atoms with Gasteiger partial charge in [0.25, 0.3) is 5.69 Å². The van der Waals surface area contributed by atoms with Gasteiger partial charge >= 0.3 is 6.03 Å². The Morgan fingerprint density at radius 2 is 2.00 bits per heavy atom. The fourth-order valence-corrected chi connectivity index (χ4v) is 1.74. The molecule has 1 aliphatic rings. The Morgan fingerprint density at radius 1 is 1.29 bits per heavy atom. The molecule has 2 N–H and O–H groups in total. The molecule has 0 aliphatic carbocycles. The van der Waals surface area contributed by atoms with E-state index < -0.39 is 22.9 Å². The van der Waals surface area contributed by atoms with Crippen LogP contribution in [-0.2, 0) is 4.79 Å². The standard InChI is InChI=1S/C10H9N3O4/c14-9-5-7(11-10(15)12-9)6-3-1-2-4-8(6)13(16)17/h1-4,7H,5H2,(H2,11,12,14,15). The Bertz CT molecular complexity index is 484. The maximum absolute atomic E-state index is 11.2. The molecule has 88 valence electrons. The zero-order chi connectivity index (χ0) is 12.4. The Kier molecular flexibility index (Phi) is 2.73. The number of hydrogen-bond acceptors (Lipinski definition) is 4. The van der Waals surface area contributed by atoms with Gasteiger partial charge in [-0.05, 0) is 0 Å². The molecule has 1 aromatic rings. The lowest BCUT2D eigenvalue weighted by Gasteiger charge is -2.23. The molecule has 17 heavy (non-hydrogen) atoms. The molecule has 1 aromatic carbocycles. The SMILES string of the molecule is O=C1CC(c2ccccc2[N+](=O)[O-])NC(=O)N1. The van der Waals surface area contributed by atoms with Crippen LogP contribution in [0.2, 0.25) is 0 Å². The molecule has 1 heterocycles. The quantitative estimate of drug-likeness (QED) is 0.586. The van der Waals surface area contributed by atoms with Gasteiger partial charge in [-0.15, -0.1) is 0 Å². The van der Waals surface area contributed by atoms with E-state index >= 15 is 0 Å². The number of carbonyl (C=O) groups is 2. The Labute approximate surface area is 96.0 Å². The highest BCUT2D eigenvalue weighted by atomic mass is 16.6. The van der Waals surface area contributed by atoms with Gasteiger partial charge < -0.3 is 5.32 Å². The molecular weight excluding hydrogens is 226 g/mol. The van der Waals surface area contributed by atoms with E-state index in [0.717, 1.165) is 0 Å². The Morgan fingerprint density at radius 3 is 2.65 bits per heavy atom. The highest BCUT2D eigenvalue weighted by molar-refractivity contribution is 5.97. The second kappa shape index (κ2) is 4.20. The highest BCUT2D eigenvalue weighted by Gasteiger charge is 2.29. The number of carbonyl (C=O) groups excluding carboxylic acids is 2. The summed E-state index contributed by atoms with van der Waals surface area (Å²) in [6.07, 6.45) is -0.00338.